The Balaban J connectivity index is 1.81. The molecule has 1 fully saturated rings. The third-order valence-corrected chi connectivity index (χ3v) is 5.20. The number of anilines is 1. The molecule has 150 valence electrons. The average molecular weight is 408 g/mol. The minimum Gasteiger partial charge on any atom is -0.490 e. The maximum atomic E-state index is 14.5. The van der Waals surface area contributed by atoms with E-state index in [2.05, 4.69) is 5.32 Å². The second-order valence-corrected chi connectivity index (χ2v) is 7.02. The van der Waals surface area contributed by atoms with Gasteiger partial charge in [-0.25, -0.2) is 4.39 Å². The van der Waals surface area contributed by atoms with Gasteiger partial charge in [0.05, 0.1) is 17.0 Å². The van der Waals surface area contributed by atoms with E-state index in [4.69, 9.17) is 25.8 Å². The number of carbonyl (C=O) groups excluding carboxylic acids is 1. The van der Waals surface area contributed by atoms with Crippen LogP contribution in [0.1, 0.15) is 18.4 Å². The van der Waals surface area contributed by atoms with Crippen LogP contribution >= 0.6 is 11.6 Å². The van der Waals surface area contributed by atoms with E-state index >= 15 is 0 Å². The quantitative estimate of drug-likeness (QED) is 0.699. The highest BCUT2D eigenvalue weighted by Crippen LogP contribution is 2.38. The number of benzene rings is 2. The van der Waals surface area contributed by atoms with Gasteiger partial charge in [0.25, 0.3) is 0 Å². The number of halogens is 2. The van der Waals surface area contributed by atoms with Crippen molar-refractivity contribution in [3.8, 4) is 5.75 Å². The van der Waals surface area contributed by atoms with Crippen LogP contribution in [0, 0.1) is 5.82 Å². The van der Waals surface area contributed by atoms with Crippen LogP contribution in [0.25, 0.3) is 0 Å². The Hall–Kier alpha value is -2.15. The summed E-state index contributed by atoms with van der Waals surface area (Å²) in [6.45, 7) is 1.62. The van der Waals surface area contributed by atoms with Crippen LogP contribution in [0.5, 0.6) is 5.75 Å². The summed E-state index contributed by atoms with van der Waals surface area (Å²) in [5.74, 6) is -0.156. The Morgan fingerprint density at radius 1 is 1.21 bits per heavy atom. The number of carbonyl (C=O) groups is 1. The van der Waals surface area contributed by atoms with Crippen molar-refractivity contribution < 1.29 is 23.4 Å². The zero-order chi connectivity index (χ0) is 20.0. The Morgan fingerprint density at radius 3 is 2.64 bits per heavy atom. The first-order valence-electron chi connectivity index (χ1n) is 9.12. The predicted octanol–water partition coefficient (Wildman–Crippen LogP) is 4.19. The number of hydrogen-bond donors (Lipinski definition) is 1. The number of hydrogen-bond acceptors (Lipinski definition) is 4. The lowest BCUT2D eigenvalue weighted by Crippen LogP contribution is -2.45. The molecule has 1 saturated heterocycles. The van der Waals surface area contributed by atoms with Crippen molar-refractivity contribution in [1.82, 2.24) is 0 Å². The third-order valence-electron chi connectivity index (χ3n) is 4.91. The van der Waals surface area contributed by atoms with Crippen LogP contribution in [0.3, 0.4) is 0 Å². The molecule has 1 aliphatic heterocycles. The molecule has 1 aliphatic rings. The van der Waals surface area contributed by atoms with Crippen LogP contribution in [0.15, 0.2) is 42.5 Å². The first-order chi connectivity index (χ1) is 13.6. The summed E-state index contributed by atoms with van der Waals surface area (Å²) in [5.41, 5.74) is -0.0679. The van der Waals surface area contributed by atoms with Crippen LogP contribution in [-0.4, -0.2) is 39.4 Å². The lowest BCUT2D eigenvalue weighted by molar-refractivity contribution is -0.125. The van der Waals surface area contributed by atoms with Gasteiger partial charge >= 0.3 is 0 Å². The van der Waals surface area contributed by atoms with Gasteiger partial charge in [-0.3, -0.25) is 4.79 Å². The molecule has 28 heavy (non-hydrogen) atoms. The number of nitrogens with one attached hydrogen (secondary N) is 1. The van der Waals surface area contributed by atoms with E-state index in [1.165, 1.54) is 6.07 Å². The molecule has 0 saturated carbocycles. The van der Waals surface area contributed by atoms with Gasteiger partial charge in [0.1, 0.15) is 18.2 Å². The standard InChI is InChI=1S/C21H23ClFNO4/c1-26-12-13-28-19-7-6-15(14-17(19)22)24-20(25)21(8-10-27-11-9-21)16-4-2-3-5-18(16)23/h2-7,14H,8-13H2,1H3,(H,24,25). The second kappa shape index (κ2) is 9.37. The molecule has 5 nitrogen and oxygen atoms in total. The summed E-state index contributed by atoms with van der Waals surface area (Å²) < 4.78 is 30.4. The highest BCUT2D eigenvalue weighted by atomic mass is 35.5. The molecule has 0 spiro atoms. The third kappa shape index (κ3) is 4.46. The highest BCUT2D eigenvalue weighted by molar-refractivity contribution is 6.32. The van der Waals surface area contributed by atoms with Crippen molar-refractivity contribution in [3.05, 3.63) is 58.9 Å². The zero-order valence-corrected chi connectivity index (χ0v) is 16.4. The molecule has 3 rings (SSSR count). The van der Waals surface area contributed by atoms with Crippen molar-refractivity contribution in [2.75, 3.05) is 38.9 Å². The Bertz CT molecular complexity index is 824. The van der Waals surface area contributed by atoms with E-state index in [1.54, 1.807) is 43.5 Å². The molecule has 0 radical (unpaired) electrons. The number of ether oxygens (including phenoxy) is 3. The Labute approximate surface area is 168 Å². The van der Waals surface area contributed by atoms with Gasteiger partial charge in [-0.15, -0.1) is 0 Å². The number of rotatable bonds is 7. The minimum atomic E-state index is -0.982. The van der Waals surface area contributed by atoms with Crippen molar-refractivity contribution in [2.24, 2.45) is 0 Å². The Kier molecular flexibility index (Phi) is 6.88. The molecular formula is C21H23ClFNO4. The maximum Gasteiger partial charge on any atom is 0.235 e. The monoisotopic (exact) mass is 407 g/mol. The number of amides is 1. The fraction of sp³-hybridized carbons (Fsp3) is 0.381. The van der Waals surface area contributed by atoms with Crippen LogP contribution in [0.2, 0.25) is 5.02 Å². The summed E-state index contributed by atoms with van der Waals surface area (Å²) in [5, 5.41) is 3.26. The molecule has 7 heteroatoms. The summed E-state index contributed by atoms with van der Waals surface area (Å²) in [4.78, 5) is 13.2. The van der Waals surface area contributed by atoms with Crippen molar-refractivity contribution in [2.45, 2.75) is 18.3 Å². The van der Waals surface area contributed by atoms with Crippen LogP contribution in [-0.2, 0) is 19.7 Å². The molecule has 2 aromatic rings. The van der Waals surface area contributed by atoms with E-state index in [0.717, 1.165) is 0 Å². The molecule has 0 atom stereocenters. The van der Waals surface area contributed by atoms with E-state index in [0.29, 0.717) is 61.3 Å². The summed E-state index contributed by atoms with van der Waals surface area (Å²) >= 11 is 6.26. The SMILES string of the molecule is COCCOc1ccc(NC(=O)C2(c3ccccc3F)CCOCC2)cc1Cl. The van der Waals surface area contributed by atoms with Crippen LogP contribution < -0.4 is 10.1 Å². The molecule has 2 aromatic carbocycles. The van der Waals surface area contributed by atoms with Gasteiger partial charge in [0, 0.05) is 31.6 Å². The highest BCUT2D eigenvalue weighted by Gasteiger charge is 2.43. The lowest BCUT2D eigenvalue weighted by atomic mass is 9.73. The molecule has 0 unspecified atom stereocenters. The fourth-order valence-corrected chi connectivity index (χ4v) is 3.60. The summed E-state index contributed by atoms with van der Waals surface area (Å²) in [6, 6.07) is 11.4. The van der Waals surface area contributed by atoms with Crippen molar-refractivity contribution in [1.29, 1.82) is 0 Å². The van der Waals surface area contributed by atoms with Gasteiger partial charge in [-0.2, -0.15) is 0 Å². The van der Waals surface area contributed by atoms with Gasteiger partial charge in [-0.05, 0) is 37.1 Å². The Morgan fingerprint density at radius 2 is 1.96 bits per heavy atom. The average Bonchev–Trinajstić information content (AvgIpc) is 2.70. The van der Waals surface area contributed by atoms with E-state index in [9.17, 15) is 9.18 Å². The largest absolute Gasteiger partial charge is 0.490 e. The first-order valence-corrected chi connectivity index (χ1v) is 9.50. The molecule has 1 N–H and O–H groups in total. The first kappa shape index (κ1) is 20.6. The van der Waals surface area contributed by atoms with Gasteiger partial charge in [0.2, 0.25) is 5.91 Å². The molecule has 0 bridgehead atoms. The van der Waals surface area contributed by atoms with E-state index in [1.807, 2.05) is 0 Å². The minimum absolute atomic E-state index is 0.273. The van der Waals surface area contributed by atoms with Crippen molar-refractivity contribution >= 4 is 23.2 Å². The van der Waals surface area contributed by atoms with Gasteiger partial charge < -0.3 is 19.5 Å². The molecule has 1 amide bonds. The molecule has 1 heterocycles. The molecule has 0 aliphatic carbocycles. The molecular weight excluding hydrogens is 385 g/mol. The van der Waals surface area contributed by atoms with Crippen molar-refractivity contribution in [3.63, 3.8) is 0 Å². The maximum absolute atomic E-state index is 14.5. The molecule has 0 aromatic heterocycles. The van der Waals surface area contributed by atoms with Gasteiger partial charge in [-0.1, -0.05) is 29.8 Å². The summed E-state index contributed by atoms with van der Waals surface area (Å²) in [6.07, 6.45) is 0.817. The lowest BCUT2D eigenvalue weighted by Gasteiger charge is -2.36. The van der Waals surface area contributed by atoms with Crippen LogP contribution in [0.4, 0.5) is 10.1 Å². The fourth-order valence-electron chi connectivity index (χ4n) is 3.37. The number of methoxy groups -OCH3 is 1. The van der Waals surface area contributed by atoms with Gasteiger partial charge in [0.15, 0.2) is 0 Å². The second-order valence-electron chi connectivity index (χ2n) is 6.61. The van der Waals surface area contributed by atoms with E-state index < -0.39 is 5.41 Å². The topological polar surface area (TPSA) is 56.8 Å². The van der Waals surface area contributed by atoms with E-state index in [-0.39, 0.29) is 11.7 Å². The summed E-state index contributed by atoms with van der Waals surface area (Å²) in [7, 11) is 1.59. The zero-order valence-electron chi connectivity index (χ0n) is 15.7. The predicted molar refractivity (Wildman–Crippen MR) is 106 cm³/mol. The smallest absolute Gasteiger partial charge is 0.235 e. The normalized spacial score (nSPS) is 15.8.